The number of piperidine rings is 1. The van der Waals surface area contributed by atoms with E-state index in [1.807, 2.05) is 4.90 Å². The van der Waals surface area contributed by atoms with E-state index in [0.29, 0.717) is 36.9 Å². The second-order valence-corrected chi connectivity index (χ2v) is 7.57. The van der Waals surface area contributed by atoms with E-state index in [1.165, 1.54) is 12.1 Å². The van der Waals surface area contributed by atoms with E-state index < -0.39 is 5.82 Å². The Labute approximate surface area is 142 Å². The molecule has 2 aliphatic heterocycles. The van der Waals surface area contributed by atoms with Gasteiger partial charge in [-0.25, -0.2) is 8.78 Å². The lowest BCUT2D eigenvalue weighted by atomic mass is 9.91. The van der Waals surface area contributed by atoms with Crippen molar-refractivity contribution in [2.75, 3.05) is 19.6 Å². The summed E-state index contributed by atoms with van der Waals surface area (Å²) in [6, 6.07) is 3.90. The van der Waals surface area contributed by atoms with Gasteiger partial charge in [0.25, 0.3) is 0 Å². The molecule has 2 heterocycles. The minimum Gasteiger partial charge on any atom is -0.341 e. The van der Waals surface area contributed by atoms with Gasteiger partial charge < -0.3 is 4.90 Å². The fourth-order valence-corrected chi connectivity index (χ4v) is 4.04. The summed E-state index contributed by atoms with van der Waals surface area (Å²) in [7, 11) is 0. The van der Waals surface area contributed by atoms with Gasteiger partial charge in [0.05, 0.1) is 0 Å². The maximum Gasteiger partial charge on any atom is 0.222 e. The molecule has 2 atom stereocenters. The second-order valence-electron chi connectivity index (χ2n) is 7.57. The summed E-state index contributed by atoms with van der Waals surface area (Å²) in [5, 5.41) is 0. The van der Waals surface area contributed by atoms with Crippen LogP contribution in [0.2, 0.25) is 0 Å². The van der Waals surface area contributed by atoms with Crippen molar-refractivity contribution in [3.05, 3.63) is 35.4 Å². The summed E-state index contributed by atoms with van der Waals surface area (Å²) in [5.41, 5.74) is 0.405. The number of hydrogen-bond donors (Lipinski definition) is 0. The van der Waals surface area contributed by atoms with Gasteiger partial charge in [-0.2, -0.15) is 0 Å². The Bertz CT molecular complexity index is 605. The molecule has 24 heavy (non-hydrogen) atoms. The highest BCUT2D eigenvalue weighted by Crippen LogP contribution is 2.32. The fourth-order valence-electron chi connectivity index (χ4n) is 4.04. The van der Waals surface area contributed by atoms with Crippen molar-refractivity contribution in [1.29, 1.82) is 0 Å². The maximum absolute atomic E-state index is 14.0. The first-order valence-electron chi connectivity index (χ1n) is 8.89. The van der Waals surface area contributed by atoms with E-state index in [4.69, 9.17) is 0 Å². The summed E-state index contributed by atoms with van der Waals surface area (Å²) in [4.78, 5) is 16.6. The number of carbonyl (C=O) groups is 1. The Morgan fingerprint density at radius 3 is 2.83 bits per heavy atom. The van der Waals surface area contributed by atoms with Crippen LogP contribution in [-0.2, 0) is 11.3 Å². The quantitative estimate of drug-likeness (QED) is 0.841. The normalized spacial score (nSPS) is 24.5. The van der Waals surface area contributed by atoms with Gasteiger partial charge in [-0.05, 0) is 49.4 Å². The number of nitrogens with zero attached hydrogens (tertiary/aromatic N) is 2. The van der Waals surface area contributed by atoms with Crippen LogP contribution in [0, 0.1) is 23.5 Å². The lowest BCUT2D eigenvalue weighted by molar-refractivity contribution is -0.131. The third-order valence-corrected chi connectivity index (χ3v) is 5.21. The Balaban J connectivity index is 1.69. The minimum atomic E-state index is -0.403. The van der Waals surface area contributed by atoms with Gasteiger partial charge >= 0.3 is 0 Å². The highest BCUT2D eigenvalue weighted by atomic mass is 19.1. The van der Waals surface area contributed by atoms with Gasteiger partial charge in [0.2, 0.25) is 5.91 Å². The molecule has 5 heteroatoms. The molecule has 132 valence electrons. The van der Waals surface area contributed by atoms with Crippen molar-refractivity contribution in [2.45, 2.75) is 45.7 Å². The van der Waals surface area contributed by atoms with E-state index in [0.717, 1.165) is 32.0 Å². The molecule has 1 aromatic carbocycles. The molecule has 0 bridgehead atoms. The Morgan fingerprint density at radius 1 is 1.29 bits per heavy atom. The Kier molecular flexibility index (Phi) is 5.18. The van der Waals surface area contributed by atoms with Gasteiger partial charge in [0.15, 0.2) is 0 Å². The first-order chi connectivity index (χ1) is 11.4. The number of hydrogen-bond acceptors (Lipinski definition) is 2. The first-order valence-corrected chi connectivity index (χ1v) is 8.89. The van der Waals surface area contributed by atoms with Crippen molar-refractivity contribution < 1.29 is 13.6 Å². The zero-order valence-corrected chi connectivity index (χ0v) is 14.5. The average molecular weight is 336 g/mol. The second kappa shape index (κ2) is 7.18. The molecule has 0 N–H and O–H groups in total. The number of halogens is 2. The minimum absolute atomic E-state index is 0.219. The largest absolute Gasteiger partial charge is 0.341 e. The van der Waals surface area contributed by atoms with Crippen molar-refractivity contribution in [2.24, 2.45) is 11.8 Å². The zero-order chi connectivity index (χ0) is 17.3. The third kappa shape index (κ3) is 3.77. The van der Waals surface area contributed by atoms with Crippen LogP contribution in [0.3, 0.4) is 0 Å². The standard InChI is InChI=1S/C19H26F2N2O/c1-13(2)8-19(24)23-10-14-4-3-7-22(18(14)12-23)11-15-9-16(20)5-6-17(15)21/h5-6,9,13-14,18H,3-4,7-8,10-12H2,1-2H3/t14-,18+/m1/s1. The monoisotopic (exact) mass is 336 g/mol. The molecule has 0 unspecified atom stereocenters. The maximum atomic E-state index is 14.0. The van der Waals surface area contributed by atoms with E-state index in [-0.39, 0.29) is 17.8 Å². The number of rotatable bonds is 4. The zero-order valence-electron chi connectivity index (χ0n) is 14.5. The van der Waals surface area contributed by atoms with Gasteiger partial charge in [0, 0.05) is 37.7 Å². The fraction of sp³-hybridized carbons (Fsp3) is 0.632. The third-order valence-electron chi connectivity index (χ3n) is 5.21. The number of amides is 1. The molecule has 3 rings (SSSR count). The van der Waals surface area contributed by atoms with Gasteiger partial charge in [0.1, 0.15) is 11.6 Å². The molecule has 2 aliphatic rings. The summed E-state index contributed by atoms with van der Waals surface area (Å²) >= 11 is 0. The molecule has 0 aliphatic carbocycles. The number of carbonyl (C=O) groups excluding carboxylic acids is 1. The predicted molar refractivity (Wildman–Crippen MR) is 89.3 cm³/mol. The molecule has 1 amide bonds. The lowest BCUT2D eigenvalue weighted by Crippen LogP contribution is -2.44. The molecule has 2 fully saturated rings. The van der Waals surface area contributed by atoms with Crippen molar-refractivity contribution in [3.63, 3.8) is 0 Å². The summed E-state index contributed by atoms with van der Waals surface area (Å²) in [6.07, 6.45) is 2.74. The Morgan fingerprint density at radius 2 is 2.08 bits per heavy atom. The summed E-state index contributed by atoms with van der Waals surface area (Å²) in [5.74, 6) is 0.268. The van der Waals surface area contributed by atoms with Crippen molar-refractivity contribution >= 4 is 5.91 Å². The predicted octanol–water partition coefficient (Wildman–Crippen LogP) is 3.43. The SMILES string of the molecule is CC(C)CC(=O)N1C[C@H]2CCCN(Cc3cc(F)ccc3F)[C@H]2C1. The van der Waals surface area contributed by atoms with Crippen LogP contribution in [0.1, 0.15) is 38.7 Å². The first kappa shape index (κ1) is 17.3. The number of fused-ring (bicyclic) bond motifs is 1. The topological polar surface area (TPSA) is 23.6 Å². The van der Waals surface area contributed by atoms with Crippen molar-refractivity contribution in [3.8, 4) is 0 Å². The average Bonchev–Trinajstić information content (AvgIpc) is 2.95. The van der Waals surface area contributed by atoms with Crippen LogP contribution in [-0.4, -0.2) is 41.4 Å². The van der Waals surface area contributed by atoms with Crippen molar-refractivity contribution in [1.82, 2.24) is 9.80 Å². The van der Waals surface area contributed by atoms with E-state index in [9.17, 15) is 13.6 Å². The molecule has 3 nitrogen and oxygen atoms in total. The summed E-state index contributed by atoms with van der Waals surface area (Å²) < 4.78 is 27.4. The van der Waals surface area contributed by atoms with Gasteiger partial charge in [-0.15, -0.1) is 0 Å². The molecule has 0 saturated carbocycles. The van der Waals surface area contributed by atoms with Crippen LogP contribution < -0.4 is 0 Å². The van der Waals surface area contributed by atoms with E-state index in [1.54, 1.807) is 0 Å². The highest BCUT2D eigenvalue weighted by Gasteiger charge is 2.40. The van der Waals surface area contributed by atoms with Crippen LogP contribution in [0.25, 0.3) is 0 Å². The van der Waals surface area contributed by atoms with Gasteiger partial charge in [-0.3, -0.25) is 9.69 Å². The van der Waals surface area contributed by atoms with Crippen LogP contribution in [0.15, 0.2) is 18.2 Å². The lowest BCUT2D eigenvalue weighted by Gasteiger charge is -2.36. The van der Waals surface area contributed by atoms with Crippen LogP contribution in [0.5, 0.6) is 0 Å². The molecule has 1 aromatic rings. The van der Waals surface area contributed by atoms with Crippen LogP contribution >= 0.6 is 0 Å². The summed E-state index contributed by atoms with van der Waals surface area (Å²) in [6.45, 7) is 6.92. The van der Waals surface area contributed by atoms with E-state index in [2.05, 4.69) is 18.7 Å². The Hall–Kier alpha value is -1.49. The molecule has 2 saturated heterocycles. The number of likely N-dealkylation sites (tertiary alicyclic amines) is 2. The molecule has 0 aromatic heterocycles. The smallest absolute Gasteiger partial charge is 0.222 e. The van der Waals surface area contributed by atoms with Crippen LogP contribution in [0.4, 0.5) is 8.78 Å². The highest BCUT2D eigenvalue weighted by molar-refractivity contribution is 5.76. The van der Waals surface area contributed by atoms with E-state index >= 15 is 0 Å². The molecule has 0 radical (unpaired) electrons. The molecular formula is C19H26F2N2O. The molecule has 0 spiro atoms. The number of benzene rings is 1. The molecular weight excluding hydrogens is 310 g/mol. The van der Waals surface area contributed by atoms with Gasteiger partial charge in [-0.1, -0.05) is 13.8 Å².